The number of nitrogens with zero attached hydrogens (tertiary/aromatic N) is 2. The van der Waals surface area contributed by atoms with Gasteiger partial charge in [0.05, 0.1) is 13.3 Å². The van der Waals surface area contributed by atoms with Crippen molar-refractivity contribution >= 4 is 5.91 Å². The number of amides is 1. The van der Waals surface area contributed by atoms with Gasteiger partial charge >= 0.3 is 0 Å². The Morgan fingerprint density at radius 3 is 2.92 bits per heavy atom. The smallest absolute Gasteiger partial charge is 0.223 e. The lowest BCUT2D eigenvalue weighted by molar-refractivity contribution is -0.132. The van der Waals surface area contributed by atoms with Crippen LogP contribution in [0.15, 0.2) is 34.9 Å². The van der Waals surface area contributed by atoms with Crippen LogP contribution in [0.2, 0.25) is 0 Å². The Kier molecular flexibility index (Phi) is 5.71. The van der Waals surface area contributed by atoms with E-state index in [0.717, 1.165) is 37.2 Å². The van der Waals surface area contributed by atoms with Crippen LogP contribution in [0.3, 0.4) is 0 Å². The zero-order chi connectivity index (χ0) is 17.6. The minimum absolute atomic E-state index is 0.171. The van der Waals surface area contributed by atoms with E-state index in [1.165, 1.54) is 0 Å². The second kappa shape index (κ2) is 8.16. The fourth-order valence-electron chi connectivity index (χ4n) is 3.13. The van der Waals surface area contributed by atoms with Crippen molar-refractivity contribution in [1.29, 1.82) is 0 Å². The van der Waals surface area contributed by atoms with Crippen molar-refractivity contribution in [3.8, 4) is 17.1 Å². The van der Waals surface area contributed by atoms with Gasteiger partial charge in [0.15, 0.2) is 11.7 Å². The molecule has 1 aromatic heterocycles. The van der Waals surface area contributed by atoms with Crippen LogP contribution in [0.5, 0.6) is 5.75 Å². The highest BCUT2D eigenvalue weighted by Crippen LogP contribution is 2.23. The Labute approximate surface area is 148 Å². The van der Waals surface area contributed by atoms with Crippen molar-refractivity contribution in [1.82, 2.24) is 15.2 Å². The standard InChI is InChI=1S/C19H25N3O3/c1-20-15-4-3-11-22(13-15)19(23)10-9-18-21-12-17(25-18)14-5-7-16(24-2)8-6-14/h5-8,12,15,20H,3-4,9-11,13H2,1-2H3. The summed E-state index contributed by atoms with van der Waals surface area (Å²) in [5.41, 5.74) is 0.943. The van der Waals surface area contributed by atoms with Crippen LogP contribution in [-0.4, -0.2) is 49.1 Å². The summed E-state index contributed by atoms with van der Waals surface area (Å²) in [5.74, 6) is 2.28. The van der Waals surface area contributed by atoms with Gasteiger partial charge in [-0.3, -0.25) is 4.79 Å². The van der Waals surface area contributed by atoms with Gasteiger partial charge in [-0.25, -0.2) is 4.98 Å². The highest BCUT2D eigenvalue weighted by molar-refractivity contribution is 5.76. The topological polar surface area (TPSA) is 67.6 Å². The van der Waals surface area contributed by atoms with Crippen molar-refractivity contribution in [2.45, 2.75) is 31.7 Å². The van der Waals surface area contributed by atoms with Gasteiger partial charge in [0, 0.05) is 37.5 Å². The highest BCUT2D eigenvalue weighted by Gasteiger charge is 2.22. The van der Waals surface area contributed by atoms with E-state index < -0.39 is 0 Å². The van der Waals surface area contributed by atoms with Gasteiger partial charge < -0.3 is 19.4 Å². The number of benzene rings is 1. The molecule has 25 heavy (non-hydrogen) atoms. The van der Waals surface area contributed by atoms with E-state index >= 15 is 0 Å². The fraction of sp³-hybridized carbons (Fsp3) is 0.474. The maximum absolute atomic E-state index is 12.4. The number of ether oxygens (including phenoxy) is 1. The van der Waals surface area contributed by atoms with Gasteiger partial charge in [0.1, 0.15) is 5.75 Å². The number of nitrogens with one attached hydrogen (secondary N) is 1. The van der Waals surface area contributed by atoms with E-state index in [9.17, 15) is 4.79 Å². The van der Waals surface area contributed by atoms with E-state index in [2.05, 4.69) is 10.3 Å². The number of piperidine rings is 1. The summed E-state index contributed by atoms with van der Waals surface area (Å²) in [7, 11) is 3.59. The number of likely N-dealkylation sites (tertiary alicyclic amines) is 1. The highest BCUT2D eigenvalue weighted by atomic mass is 16.5. The Bertz CT molecular complexity index is 696. The predicted octanol–water partition coefficient (Wildman–Crippen LogP) is 2.49. The average Bonchev–Trinajstić information content (AvgIpc) is 3.15. The minimum atomic E-state index is 0.171. The first kappa shape index (κ1) is 17.5. The number of likely N-dealkylation sites (N-methyl/N-ethyl adjacent to an activating group) is 1. The molecular formula is C19H25N3O3. The maximum atomic E-state index is 12.4. The molecule has 1 aliphatic rings. The Hall–Kier alpha value is -2.34. The van der Waals surface area contributed by atoms with Gasteiger partial charge in [0.25, 0.3) is 0 Å². The number of hydrogen-bond donors (Lipinski definition) is 1. The molecule has 1 fully saturated rings. The van der Waals surface area contributed by atoms with Crippen LogP contribution in [0.4, 0.5) is 0 Å². The Balaban J connectivity index is 1.55. The van der Waals surface area contributed by atoms with Crippen LogP contribution >= 0.6 is 0 Å². The molecule has 1 aliphatic heterocycles. The molecule has 1 amide bonds. The van der Waals surface area contributed by atoms with Gasteiger partial charge in [-0.2, -0.15) is 0 Å². The third kappa shape index (κ3) is 4.39. The van der Waals surface area contributed by atoms with Gasteiger partial charge in [0.2, 0.25) is 5.91 Å². The molecule has 2 heterocycles. The van der Waals surface area contributed by atoms with E-state index in [4.69, 9.17) is 9.15 Å². The largest absolute Gasteiger partial charge is 0.497 e. The second-order valence-electron chi connectivity index (χ2n) is 6.31. The number of oxazole rings is 1. The summed E-state index contributed by atoms with van der Waals surface area (Å²) in [6.07, 6.45) is 4.84. The van der Waals surface area contributed by atoms with Crippen LogP contribution in [0, 0.1) is 0 Å². The average molecular weight is 343 g/mol. The maximum Gasteiger partial charge on any atom is 0.223 e. The summed E-state index contributed by atoms with van der Waals surface area (Å²) in [5, 5.41) is 3.26. The van der Waals surface area contributed by atoms with Crippen molar-refractivity contribution in [2.75, 3.05) is 27.2 Å². The number of rotatable bonds is 6. The first-order valence-electron chi connectivity index (χ1n) is 8.73. The molecule has 0 saturated carbocycles. The lowest BCUT2D eigenvalue weighted by atomic mass is 10.1. The first-order valence-corrected chi connectivity index (χ1v) is 8.73. The molecule has 2 aromatic rings. The monoisotopic (exact) mass is 343 g/mol. The number of carbonyl (C=O) groups is 1. The van der Waals surface area contributed by atoms with E-state index in [1.807, 2.05) is 36.2 Å². The summed E-state index contributed by atoms with van der Waals surface area (Å²) in [6.45, 7) is 1.64. The molecule has 134 valence electrons. The normalized spacial score (nSPS) is 17.5. The van der Waals surface area contributed by atoms with Gasteiger partial charge in [-0.15, -0.1) is 0 Å². The van der Waals surface area contributed by atoms with Crippen molar-refractivity contribution in [3.63, 3.8) is 0 Å². The fourth-order valence-corrected chi connectivity index (χ4v) is 3.13. The molecule has 0 spiro atoms. The van der Waals surface area contributed by atoms with Crippen LogP contribution in [-0.2, 0) is 11.2 Å². The zero-order valence-corrected chi connectivity index (χ0v) is 14.8. The van der Waals surface area contributed by atoms with Crippen molar-refractivity contribution in [2.24, 2.45) is 0 Å². The zero-order valence-electron chi connectivity index (χ0n) is 14.8. The lowest BCUT2D eigenvalue weighted by Crippen LogP contribution is -2.47. The first-order chi connectivity index (χ1) is 12.2. The quantitative estimate of drug-likeness (QED) is 0.873. The summed E-state index contributed by atoms with van der Waals surface area (Å²) >= 11 is 0. The number of methoxy groups -OCH3 is 1. The van der Waals surface area contributed by atoms with Crippen LogP contribution in [0.25, 0.3) is 11.3 Å². The molecule has 3 rings (SSSR count). The third-order valence-electron chi connectivity index (χ3n) is 4.66. The molecule has 0 aliphatic carbocycles. The number of hydrogen-bond acceptors (Lipinski definition) is 5. The van der Waals surface area contributed by atoms with E-state index in [1.54, 1.807) is 13.3 Å². The van der Waals surface area contributed by atoms with E-state index in [-0.39, 0.29) is 5.91 Å². The number of aromatic nitrogens is 1. The van der Waals surface area contributed by atoms with Crippen LogP contribution < -0.4 is 10.1 Å². The predicted molar refractivity (Wildman–Crippen MR) is 95.5 cm³/mol. The van der Waals surface area contributed by atoms with Crippen molar-refractivity contribution < 1.29 is 13.9 Å². The van der Waals surface area contributed by atoms with E-state index in [0.29, 0.717) is 30.5 Å². The summed E-state index contributed by atoms with van der Waals surface area (Å²) in [4.78, 5) is 18.6. The summed E-state index contributed by atoms with van der Waals surface area (Å²) in [6, 6.07) is 8.03. The third-order valence-corrected chi connectivity index (χ3v) is 4.66. The SMILES string of the molecule is CNC1CCCN(C(=O)CCc2ncc(-c3ccc(OC)cc3)o2)C1. The number of aryl methyl sites for hydroxylation is 1. The molecule has 1 N–H and O–H groups in total. The Morgan fingerprint density at radius 2 is 2.20 bits per heavy atom. The molecular weight excluding hydrogens is 318 g/mol. The molecule has 1 saturated heterocycles. The molecule has 1 aromatic carbocycles. The molecule has 6 heteroatoms. The summed E-state index contributed by atoms with van der Waals surface area (Å²) < 4.78 is 10.9. The molecule has 0 bridgehead atoms. The molecule has 1 unspecified atom stereocenters. The minimum Gasteiger partial charge on any atom is -0.497 e. The van der Waals surface area contributed by atoms with Crippen molar-refractivity contribution in [3.05, 3.63) is 36.4 Å². The molecule has 1 atom stereocenters. The second-order valence-corrected chi connectivity index (χ2v) is 6.31. The van der Waals surface area contributed by atoms with Gasteiger partial charge in [-0.05, 0) is 44.2 Å². The number of carbonyl (C=O) groups excluding carboxylic acids is 1. The lowest BCUT2D eigenvalue weighted by Gasteiger charge is -2.32. The molecule has 0 radical (unpaired) electrons. The molecule has 6 nitrogen and oxygen atoms in total. The van der Waals surface area contributed by atoms with Crippen LogP contribution in [0.1, 0.15) is 25.2 Å². The Morgan fingerprint density at radius 1 is 1.40 bits per heavy atom. The van der Waals surface area contributed by atoms with Gasteiger partial charge in [-0.1, -0.05) is 0 Å².